The lowest BCUT2D eigenvalue weighted by atomic mass is 10.1. The summed E-state index contributed by atoms with van der Waals surface area (Å²) in [6, 6.07) is 7.10. The van der Waals surface area contributed by atoms with Crippen LogP contribution in [0.5, 0.6) is 0 Å². The fourth-order valence-corrected chi connectivity index (χ4v) is 2.17. The van der Waals surface area contributed by atoms with Crippen molar-refractivity contribution in [2.45, 2.75) is 46.0 Å². The van der Waals surface area contributed by atoms with Crippen LogP contribution < -0.4 is 16.0 Å². The number of hydrogen-bond donors (Lipinski definition) is 3. The van der Waals surface area contributed by atoms with Crippen molar-refractivity contribution in [1.82, 2.24) is 10.6 Å². The van der Waals surface area contributed by atoms with E-state index in [0.717, 1.165) is 25.7 Å². The van der Waals surface area contributed by atoms with Crippen molar-refractivity contribution in [1.29, 1.82) is 0 Å². The molecule has 1 rings (SSSR count). The molecule has 0 saturated heterocycles. The number of rotatable bonds is 8. The number of anilines is 1. The van der Waals surface area contributed by atoms with E-state index in [0.29, 0.717) is 24.2 Å². The van der Waals surface area contributed by atoms with Gasteiger partial charge in [0.2, 0.25) is 5.91 Å². The summed E-state index contributed by atoms with van der Waals surface area (Å²) in [6.45, 7) is 4.74. The van der Waals surface area contributed by atoms with Crippen LogP contribution in [0.3, 0.4) is 0 Å². The fourth-order valence-electron chi connectivity index (χ4n) is 1.94. The van der Waals surface area contributed by atoms with E-state index in [9.17, 15) is 9.59 Å². The molecule has 0 aliphatic heterocycles. The van der Waals surface area contributed by atoms with Gasteiger partial charge in [0, 0.05) is 13.0 Å². The molecule has 3 N–H and O–H groups in total. The molecule has 0 bridgehead atoms. The van der Waals surface area contributed by atoms with Gasteiger partial charge < -0.3 is 16.0 Å². The second kappa shape index (κ2) is 10.7. The first kappa shape index (κ1) is 19.1. The summed E-state index contributed by atoms with van der Waals surface area (Å²) < 4.78 is 0. The zero-order valence-corrected chi connectivity index (χ0v) is 14.6. The predicted octanol–water partition coefficient (Wildman–Crippen LogP) is 3.22. The summed E-state index contributed by atoms with van der Waals surface area (Å²) in [4.78, 5) is 23.9. The van der Waals surface area contributed by atoms with E-state index in [2.05, 4.69) is 22.9 Å². The van der Waals surface area contributed by atoms with Crippen molar-refractivity contribution in [2.24, 2.45) is 0 Å². The number of benzene rings is 1. The van der Waals surface area contributed by atoms with Gasteiger partial charge in [0.15, 0.2) is 5.11 Å². The number of para-hydroxylation sites is 1. The van der Waals surface area contributed by atoms with Crippen LogP contribution in [-0.2, 0) is 4.79 Å². The molecule has 6 heteroatoms. The minimum absolute atomic E-state index is 0.116. The highest BCUT2D eigenvalue weighted by Crippen LogP contribution is 2.15. The van der Waals surface area contributed by atoms with E-state index in [1.807, 2.05) is 13.0 Å². The van der Waals surface area contributed by atoms with Gasteiger partial charge in [0.25, 0.3) is 5.91 Å². The van der Waals surface area contributed by atoms with Gasteiger partial charge in [-0.25, -0.2) is 0 Å². The number of amides is 2. The van der Waals surface area contributed by atoms with Gasteiger partial charge in [-0.05, 0) is 37.2 Å². The van der Waals surface area contributed by atoms with Gasteiger partial charge in [-0.15, -0.1) is 0 Å². The van der Waals surface area contributed by atoms with Crippen LogP contribution in [0.2, 0.25) is 0 Å². The molecule has 1 aromatic rings. The number of unbranched alkanes of at least 4 members (excludes halogenated alkanes) is 2. The molecule has 0 radical (unpaired) electrons. The molecule has 0 atom stereocenters. The van der Waals surface area contributed by atoms with Crippen LogP contribution in [0.4, 0.5) is 5.69 Å². The number of carbonyl (C=O) groups is 2. The molecule has 0 fully saturated rings. The second-order valence-electron chi connectivity index (χ2n) is 5.26. The molecule has 1 aromatic carbocycles. The normalized spacial score (nSPS) is 10.0. The number of carbonyl (C=O) groups excluding carboxylic acids is 2. The number of nitrogens with one attached hydrogen (secondary N) is 3. The van der Waals surface area contributed by atoms with Gasteiger partial charge >= 0.3 is 0 Å². The zero-order valence-electron chi connectivity index (χ0n) is 13.8. The lowest BCUT2D eigenvalue weighted by molar-refractivity contribution is -0.119. The van der Waals surface area contributed by atoms with Crippen molar-refractivity contribution < 1.29 is 9.59 Å². The summed E-state index contributed by atoms with van der Waals surface area (Å²) in [6.07, 6.45) is 4.18. The van der Waals surface area contributed by atoms with Gasteiger partial charge in [0.05, 0.1) is 11.3 Å². The second-order valence-corrected chi connectivity index (χ2v) is 5.67. The zero-order chi connectivity index (χ0) is 17.1. The average molecular weight is 335 g/mol. The molecule has 0 saturated carbocycles. The first-order chi connectivity index (χ1) is 11.1. The monoisotopic (exact) mass is 335 g/mol. The third-order valence-corrected chi connectivity index (χ3v) is 3.45. The maximum atomic E-state index is 12.2. The Labute approximate surface area is 143 Å². The summed E-state index contributed by atoms with van der Waals surface area (Å²) >= 11 is 5.14. The predicted molar refractivity (Wildman–Crippen MR) is 97.6 cm³/mol. The molecule has 0 heterocycles. The van der Waals surface area contributed by atoms with Crippen LogP contribution in [0, 0.1) is 0 Å². The van der Waals surface area contributed by atoms with Crippen molar-refractivity contribution in [3.63, 3.8) is 0 Å². The van der Waals surface area contributed by atoms with Crippen molar-refractivity contribution in [3.05, 3.63) is 29.8 Å². The number of hydrogen-bond acceptors (Lipinski definition) is 3. The van der Waals surface area contributed by atoms with Gasteiger partial charge in [-0.1, -0.05) is 38.8 Å². The SMILES string of the molecule is CCCCNC(=O)c1ccccc1NC(=S)NC(=O)CCCC. The minimum atomic E-state index is -0.151. The Morgan fingerprint density at radius 3 is 2.48 bits per heavy atom. The Kier molecular flexibility index (Phi) is 8.90. The highest BCUT2D eigenvalue weighted by Gasteiger charge is 2.12. The maximum absolute atomic E-state index is 12.2. The summed E-state index contributed by atoms with van der Waals surface area (Å²) in [7, 11) is 0. The smallest absolute Gasteiger partial charge is 0.253 e. The maximum Gasteiger partial charge on any atom is 0.253 e. The molecule has 0 aliphatic carbocycles. The summed E-state index contributed by atoms with van der Waals surface area (Å²) in [5, 5.41) is 8.64. The van der Waals surface area contributed by atoms with Crippen LogP contribution in [0.15, 0.2) is 24.3 Å². The molecule has 5 nitrogen and oxygen atoms in total. The topological polar surface area (TPSA) is 70.2 Å². The highest BCUT2D eigenvalue weighted by molar-refractivity contribution is 7.80. The van der Waals surface area contributed by atoms with Crippen molar-refractivity contribution in [3.8, 4) is 0 Å². The standard InChI is InChI=1S/C17H25N3O2S/c1-3-5-11-15(21)20-17(23)19-14-10-8-7-9-13(14)16(22)18-12-6-4-2/h7-10H,3-6,11-12H2,1-2H3,(H,18,22)(H2,19,20,21,23). The molecule has 0 aromatic heterocycles. The van der Waals surface area contributed by atoms with E-state index in [1.165, 1.54) is 0 Å². The Balaban J connectivity index is 2.64. The highest BCUT2D eigenvalue weighted by atomic mass is 32.1. The van der Waals surface area contributed by atoms with Crippen molar-refractivity contribution >= 4 is 34.8 Å². The van der Waals surface area contributed by atoms with Gasteiger partial charge in [-0.3, -0.25) is 9.59 Å². The van der Waals surface area contributed by atoms with E-state index in [1.54, 1.807) is 18.2 Å². The minimum Gasteiger partial charge on any atom is -0.352 e. The average Bonchev–Trinajstić information content (AvgIpc) is 2.53. The Morgan fingerprint density at radius 1 is 1.09 bits per heavy atom. The Bertz CT molecular complexity index is 546. The largest absolute Gasteiger partial charge is 0.352 e. The van der Waals surface area contributed by atoms with E-state index in [-0.39, 0.29) is 16.9 Å². The Hall–Kier alpha value is -1.95. The van der Waals surface area contributed by atoms with E-state index < -0.39 is 0 Å². The molecular formula is C17H25N3O2S. The third kappa shape index (κ3) is 7.23. The summed E-state index contributed by atoms with van der Waals surface area (Å²) in [5.41, 5.74) is 1.09. The summed E-state index contributed by atoms with van der Waals surface area (Å²) in [5.74, 6) is -0.268. The number of thiocarbonyl (C=S) groups is 1. The molecule has 23 heavy (non-hydrogen) atoms. The van der Waals surface area contributed by atoms with Crippen LogP contribution >= 0.6 is 12.2 Å². The first-order valence-corrected chi connectivity index (χ1v) is 8.47. The first-order valence-electron chi connectivity index (χ1n) is 8.06. The van der Waals surface area contributed by atoms with Crippen LogP contribution in [-0.4, -0.2) is 23.5 Å². The molecular weight excluding hydrogens is 310 g/mol. The molecule has 0 unspecified atom stereocenters. The van der Waals surface area contributed by atoms with E-state index in [4.69, 9.17) is 12.2 Å². The quantitative estimate of drug-likeness (QED) is 0.504. The van der Waals surface area contributed by atoms with Crippen molar-refractivity contribution in [2.75, 3.05) is 11.9 Å². The molecule has 2 amide bonds. The van der Waals surface area contributed by atoms with Crippen LogP contribution in [0.1, 0.15) is 56.3 Å². The lowest BCUT2D eigenvalue weighted by Gasteiger charge is -2.13. The molecule has 0 aliphatic rings. The third-order valence-electron chi connectivity index (χ3n) is 3.25. The lowest BCUT2D eigenvalue weighted by Crippen LogP contribution is -2.34. The molecule has 0 spiro atoms. The van der Waals surface area contributed by atoms with E-state index >= 15 is 0 Å². The molecule has 126 valence electrons. The fraction of sp³-hybridized carbons (Fsp3) is 0.471. The van der Waals surface area contributed by atoms with Gasteiger partial charge in [-0.2, -0.15) is 0 Å². The van der Waals surface area contributed by atoms with Gasteiger partial charge in [0.1, 0.15) is 0 Å². The Morgan fingerprint density at radius 2 is 1.78 bits per heavy atom. The van der Waals surface area contributed by atoms with Crippen LogP contribution in [0.25, 0.3) is 0 Å².